The van der Waals surface area contributed by atoms with Gasteiger partial charge in [0.1, 0.15) is 18.4 Å². The van der Waals surface area contributed by atoms with E-state index in [4.69, 9.17) is 10.9 Å². The summed E-state index contributed by atoms with van der Waals surface area (Å²) >= 11 is 0. The van der Waals surface area contributed by atoms with Crippen molar-refractivity contribution in [3.8, 4) is 11.8 Å². The van der Waals surface area contributed by atoms with Crippen molar-refractivity contribution in [1.82, 2.24) is 15.8 Å². The number of hydrogen-bond acceptors (Lipinski definition) is 5. The molecule has 0 radical (unpaired) electrons. The number of rotatable bonds is 7. The summed E-state index contributed by atoms with van der Waals surface area (Å²) in [5, 5.41) is 13.9. The number of anilines is 1. The topological polar surface area (TPSA) is 153 Å². The summed E-state index contributed by atoms with van der Waals surface area (Å²) in [6.45, 7) is 0.0522. The Balaban J connectivity index is 1.56. The molecule has 1 heterocycles. The van der Waals surface area contributed by atoms with Gasteiger partial charge in [-0.1, -0.05) is 11.8 Å². The summed E-state index contributed by atoms with van der Waals surface area (Å²) in [7, 11) is 0. The minimum Gasteiger partial charge on any atom is -0.339 e. The lowest BCUT2D eigenvalue weighted by Crippen LogP contribution is -2.50. The number of nitrogens with one attached hydrogen (secondary N) is 4. The van der Waals surface area contributed by atoms with E-state index < -0.39 is 17.9 Å². The van der Waals surface area contributed by atoms with E-state index in [-0.39, 0.29) is 19.0 Å². The lowest BCUT2D eigenvalue weighted by molar-refractivity contribution is -0.682. The van der Waals surface area contributed by atoms with E-state index >= 15 is 0 Å². The average molecular weight is 447 g/mol. The van der Waals surface area contributed by atoms with E-state index in [1.807, 2.05) is 0 Å². The Hall–Kier alpha value is -4.46. The van der Waals surface area contributed by atoms with Gasteiger partial charge in [0.05, 0.1) is 0 Å². The minimum absolute atomic E-state index is 0.141. The third-order valence-electron chi connectivity index (χ3n) is 4.56. The second-order valence-corrected chi connectivity index (χ2v) is 6.97. The molecular weight excluding hydrogens is 424 g/mol. The van der Waals surface area contributed by atoms with E-state index in [0.717, 1.165) is 5.56 Å². The van der Waals surface area contributed by atoms with Crippen molar-refractivity contribution in [1.29, 1.82) is 0 Å². The van der Waals surface area contributed by atoms with Gasteiger partial charge in [0.15, 0.2) is 6.54 Å². The molecule has 0 saturated heterocycles. The van der Waals surface area contributed by atoms with Crippen LogP contribution in [0.2, 0.25) is 0 Å². The fourth-order valence-electron chi connectivity index (χ4n) is 2.82. The number of carbonyl (C=O) groups is 3. The molecule has 7 N–H and O–H groups in total. The number of aromatic nitrogens is 2. The van der Waals surface area contributed by atoms with Crippen LogP contribution in [0.25, 0.3) is 0 Å². The predicted molar refractivity (Wildman–Crippen MR) is 119 cm³/mol. The van der Waals surface area contributed by atoms with Crippen LogP contribution < -0.4 is 26.4 Å². The fourth-order valence-corrected chi connectivity index (χ4v) is 2.82. The highest BCUT2D eigenvalue weighted by Gasteiger charge is 2.19. The number of benzene rings is 2. The molecule has 3 aromatic rings. The van der Waals surface area contributed by atoms with Crippen LogP contribution in [0.4, 0.5) is 5.69 Å². The SMILES string of the molecule is NC[C@H](NC(=O)c1ccc(C#Cc2ccc(NC(=O)C[n+]3cc[nH]c3)cc2)cc1)C(=O)NO. The van der Waals surface area contributed by atoms with Crippen LogP contribution in [0.15, 0.2) is 67.3 Å². The molecule has 2 aromatic carbocycles. The molecule has 0 aliphatic carbocycles. The van der Waals surface area contributed by atoms with E-state index in [9.17, 15) is 14.4 Å². The summed E-state index contributed by atoms with van der Waals surface area (Å²) < 4.78 is 1.73. The summed E-state index contributed by atoms with van der Waals surface area (Å²) in [6, 6.07) is 12.6. The molecule has 3 amide bonds. The van der Waals surface area contributed by atoms with Gasteiger partial charge in [-0.15, -0.1) is 0 Å². The molecule has 3 rings (SSSR count). The summed E-state index contributed by atoms with van der Waals surface area (Å²) in [5.41, 5.74) is 9.33. The molecule has 0 aliphatic heterocycles. The molecule has 33 heavy (non-hydrogen) atoms. The van der Waals surface area contributed by atoms with Crippen molar-refractivity contribution in [2.75, 3.05) is 11.9 Å². The summed E-state index contributed by atoms with van der Waals surface area (Å²) in [6.07, 6.45) is 5.20. The quantitative estimate of drug-likeness (QED) is 0.129. The van der Waals surface area contributed by atoms with Crippen LogP contribution in [0.1, 0.15) is 21.5 Å². The Morgan fingerprint density at radius 1 is 1.03 bits per heavy atom. The predicted octanol–water partition coefficient (Wildman–Crippen LogP) is -0.0968. The van der Waals surface area contributed by atoms with Crippen molar-refractivity contribution in [2.45, 2.75) is 12.6 Å². The van der Waals surface area contributed by atoms with Gasteiger partial charge in [-0.2, -0.15) is 0 Å². The average Bonchev–Trinajstić information content (AvgIpc) is 3.34. The number of carbonyl (C=O) groups excluding carboxylic acids is 3. The van der Waals surface area contributed by atoms with Gasteiger partial charge in [0.2, 0.25) is 6.33 Å². The van der Waals surface area contributed by atoms with Crippen molar-refractivity contribution >= 4 is 23.4 Å². The molecule has 0 unspecified atom stereocenters. The maximum atomic E-state index is 12.2. The van der Waals surface area contributed by atoms with Crippen LogP contribution >= 0.6 is 0 Å². The lowest BCUT2D eigenvalue weighted by atomic mass is 10.1. The van der Waals surface area contributed by atoms with Crippen molar-refractivity contribution in [2.24, 2.45) is 5.73 Å². The van der Waals surface area contributed by atoms with Gasteiger partial charge in [0.25, 0.3) is 17.7 Å². The minimum atomic E-state index is -1.04. The first-order valence-electron chi connectivity index (χ1n) is 9.97. The van der Waals surface area contributed by atoms with E-state index in [1.165, 1.54) is 5.48 Å². The van der Waals surface area contributed by atoms with E-state index in [0.29, 0.717) is 16.8 Å². The van der Waals surface area contributed by atoms with Crippen LogP contribution in [0.3, 0.4) is 0 Å². The molecule has 0 spiro atoms. The molecule has 10 heteroatoms. The number of aromatic amines is 1. The number of imidazole rings is 1. The van der Waals surface area contributed by atoms with Crippen LogP contribution in [-0.4, -0.2) is 40.5 Å². The number of amides is 3. The zero-order valence-corrected chi connectivity index (χ0v) is 17.5. The number of hydrogen-bond donors (Lipinski definition) is 6. The Bertz CT molecular complexity index is 1160. The Morgan fingerprint density at radius 2 is 1.67 bits per heavy atom. The second-order valence-electron chi connectivity index (χ2n) is 6.97. The van der Waals surface area contributed by atoms with Crippen LogP contribution in [-0.2, 0) is 16.1 Å². The first-order chi connectivity index (χ1) is 16.0. The number of H-pyrrole nitrogens is 1. The van der Waals surface area contributed by atoms with Gasteiger partial charge < -0.3 is 16.4 Å². The van der Waals surface area contributed by atoms with Gasteiger partial charge >= 0.3 is 0 Å². The zero-order chi connectivity index (χ0) is 23.6. The standard InChI is InChI=1S/C23H22N6O4/c24-13-20(23(32)28-33)27-22(31)18-7-3-16(4-8-18)1-2-17-5-9-19(10-6-17)26-21(30)14-29-12-11-25-15-29/h3-12,15,20H,13-14,24H2,(H4,26,27,28,30,31,32,33)/p+1/t20-/m0/s1. The second kappa shape index (κ2) is 11.2. The molecule has 0 aliphatic rings. The largest absolute Gasteiger partial charge is 0.339 e. The number of nitrogens with zero attached hydrogens (tertiary/aromatic N) is 1. The Morgan fingerprint density at radius 3 is 2.21 bits per heavy atom. The molecule has 168 valence electrons. The Labute approximate surface area is 189 Å². The number of nitrogens with two attached hydrogens (primary N) is 1. The van der Waals surface area contributed by atoms with Gasteiger partial charge in [0, 0.05) is 28.9 Å². The molecule has 1 atom stereocenters. The van der Waals surface area contributed by atoms with Crippen molar-refractivity contribution in [3.05, 3.63) is 83.9 Å². The number of hydroxylamine groups is 1. The van der Waals surface area contributed by atoms with Crippen molar-refractivity contribution in [3.63, 3.8) is 0 Å². The maximum absolute atomic E-state index is 12.2. The van der Waals surface area contributed by atoms with Crippen LogP contribution in [0, 0.1) is 11.8 Å². The summed E-state index contributed by atoms with van der Waals surface area (Å²) in [4.78, 5) is 38.6. The molecular formula is C23H23N6O4+. The van der Waals surface area contributed by atoms with Gasteiger partial charge in [-0.25, -0.2) is 10.0 Å². The molecule has 10 nitrogen and oxygen atoms in total. The van der Waals surface area contributed by atoms with E-state index in [1.54, 1.807) is 71.8 Å². The highest BCUT2D eigenvalue weighted by atomic mass is 16.5. The van der Waals surface area contributed by atoms with Crippen LogP contribution in [0.5, 0.6) is 0 Å². The first kappa shape index (κ1) is 23.2. The molecule has 1 aromatic heterocycles. The van der Waals surface area contributed by atoms with E-state index in [2.05, 4.69) is 27.5 Å². The van der Waals surface area contributed by atoms with Gasteiger partial charge in [-0.05, 0) is 48.5 Å². The Kier molecular flexibility index (Phi) is 7.91. The third kappa shape index (κ3) is 6.76. The lowest BCUT2D eigenvalue weighted by Gasteiger charge is -2.14. The highest BCUT2D eigenvalue weighted by molar-refractivity contribution is 5.97. The fraction of sp³-hybridized carbons (Fsp3) is 0.130. The first-order valence-corrected chi connectivity index (χ1v) is 9.97. The normalized spacial score (nSPS) is 11.0. The van der Waals surface area contributed by atoms with Crippen molar-refractivity contribution < 1.29 is 24.2 Å². The third-order valence-corrected chi connectivity index (χ3v) is 4.56. The highest BCUT2D eigenvalue weighted by Crippen LogP contribution is 2.09. The molecule has 0 bridgehead atoms. The van der Waals surface area contributed by atoms with Gasteiger partial charge in [-0.3, -0.25) is 24.6 Å². The summed E-state index contributed by atoms with van der Waals surface area (Å²) in [5.74, 6) is 4.59. The molecule has 0 saturated carbocycles. The smallest absolute Gasteiger partial charge is 0.267 e. The maximum Gasteiger partial charge on any atom is 0.267 e. The molecule has 0 fully saturated rings. The monoisotopic (exact) mass is 447 g/mol. The zero-order valence-electron chi connectivity index (χ0n) is 17.5.